The molecule has 0 spiro atoms. The second kappa shape index (κ2) is 14.3. The number of rotatable bonds is 16. The lowest BCUT2D eigenvalue weighted by molar-refractivity contribution is 0.138. The molecule has 0 fully saturated rings. The van der Waals surface area contributed by atoms with E-state index in [9.17, 15) is 0 Å². The molecule has 0 N–H and O–H groups in total. The average molecular weight is 428 g/mol. The van der Waals surface area contributed by atoms with E-state index in [0.29, 0.717) is 0 Å². The van der Waals surface area contributed by atoms with Gasteiger partial charge < -0.3 is 4.74 Å². The number of hydrogen-bond donors (Lipinski definition) is 0. The normalized spacial score (nSPS) is 13.5. The smallest absolute Gasteiger partial charge is 0.119 e. The third-order valence-corrected chi connectivity index (χ3v) is 6.47. The Morgan fingerprint density at radius 2 is 1.58 bits per heavy atom. The van der Waals surface area contributed by atoms with Crippen LogP contribution in [0.4, 0.5) is 0 Å². The van der Waals surface area contributed by atoms with Gasteiger partial charge in [0.15, 0.2) is 0 Å². The Morgan fingerprint density at radius 3 is 2.13 bits per heavy atom. The zero-order valence-corrected chi connectivity index (χ0v) is 20.6. The van der Waals surface area contributed by atoms with Crippen molar-refractivity contribution in [3.8, 4) is 17.0 Å². The lowest BCUT2D eigenvalue weighted by Crippen LogP contribution is -2.35. The van der Waals surface area contributed by atoms with Gasteiger partial charge in [-0.3, -0.25) is 9.58 Å². The Kier molecular flexibility index (Phi) is 11.7. The molecule has 2 aromatic rings. The van der Waals surface area contributed by atoms with E-state index in [1.807, 2.05) is 12.1 Å². The summed E-state index contributed by atoms with van der Waals surface area (Å²) in [5.41, 5.74) is 2.11. The molecule has 0 amide bonds. The minimum absolute atomic E-state index is 0.775. The van der Waals surface area contributed by atoms with Crippen LogP contribution in [0.3, 0.4) is 0 Å². The largest absolute Gasteiger partial charge is 0.497 e. The lowest BCUT2D eigenvalue weighted by Gasteiger charge is -2.30. The predicted octanol–water partition coefficient (Wildman–Crippen LogP) is 7.25. The SMILES string of the molecule is CCCCC(CC)CN(CC(CC)CCCC)Cn1ccc(-c2cccc(OC)c2)n1. The summed E-state index contributed by atoms with van der Waals surface area (Å²) >= 11 is 0. The van der Waals surface area contributed by atoms with Gasteiger partial charge in [0.05, 0.1) is 19.5 Å². The molecule has 174 valence electrons. The highest BCUT2D eigenvalue weighted by molar-refractivity contribution is 5.60. The van der Waals surface area contributed by atoms with Gasteiger partial charge in [0.1, 0.15) is 5.75 Å². The van der Waals surface area contributed by atoms with E-state index in [2.05, 4.69) is 61.7 Å². The fourth-order valence-electron chi connectivity index (χ4n) is 4.34. The van der Waals surface area contributed by atoms with E-state index >= 15 is 0 Å². The van der Waals surface area contributed by atoms with Crippen LogP contribution in [-0.2, 0) is 6.67 Å². The maximum atomic E-state index is 5.38. The van der Waals surface area contributed by atoms with Gasteiger partial charge >= 0.3 is 0 Å². The first-order chi connectivity index (χ1) is 15.1. The molecule has 2 unspecified atom stereocenters. The van der Waals surface area contributed by atoms with E-state index in [4.69, 9.17) is 9.84 Å². The summed E-state index contributed by atoms with van der Waals surface area (Å²) in [7, 11) is 1.71. The van der Waals surface area contributed by atoms with Crippen molar-refractivity contribution in [2.45, 2.75) is 85.7 Å². The Labute approximate surface area is 191 Å². The molecule has 2 atom stereocenters. The number of benzene rings is 1. The Hall–Kier alpha value is -1.81. The van der Waals surface area contributed by atoms with E-state index in [-0.39, 0.29) is 0 Å². The van der Waals surface area contributed by atoms with Gasteiger partial charge in [-0.25, -0.2) is 0 Å². The van der Waals surface area contributed by atoms with Crippen LogP contribution in [0.15, 0.2) is 36.5 Å². The maximum Gasteiger partial charge on any atom is 0.119 e. The van der Waals surface area contributed by atoms with Gasteiger partial charge in [-0.15, -0.1) is 0 Å². The summed E-state index contributed by atoms with van der Waals surface area (Å²) in [5, 5.41) is 4.91. The molecule has 0 aliphatic carbocycles. The summed E-state index contributed by atoms with van der Waals surface area (Å²) < 4.78 is 7.50. The van der Waals surface area contributed by atoms with E-state index in [1.54, 1.807) is 7.11 Å². The van der Waals surface area contributed by atoms with Crippen LogP contribution in [0.5, 0.6) is 5.75 Å². The van der Waals surface area contributed by atoms with Gasteiger partial charge in [0.25, 0.3) is 0 Å². The molecule has 1 heterocycles. The van der Waals surface area contributed by atoms with Crippen LogP contribution in [0.2, 0.25) is 0 Å². The Balaban J connectivity index is 2.12. The van der Waals surface area contributed by atoms with E-state index in [1.165, 1.54) is 64.5 Å². The van der Waals surface area contributed by atoms with Crippen LogP contribution >= 0.6 is 0 Å². The zero-order valence-electron chi connectivity index (χ0n) is 20.6. The van der Waals surface area contributed by atoms with Crippen molar-refractivity contribution < 1.29 is 4.74 Å². The summed E-state index contributed by atoms with van der Waals surface area (Å²) in [5.74, 6) is 2.42. The average Bonchev–Trinajstić information content (AvgIpc) is 3.27. The van der Waals surface area contributed by atoms with Crippen LogP contribution in [-0.4, -0.2) is 34.9 Å². The van der Waals surface area contributed by atoms with Crippen molar-refractivity contribution in [2.75, 3.05) is 20.2 Å². The molecular formula is C27H45N3O. The highest BCUT2D eigenvalue weighted by Crippen LogP contribution is 2.23. The van der Waals surface area contributed by atoms with Crippen molar-refractivity contribution in [1.82, 2.24) is 14.7 Å². The number of methoxy groups -OCH3 is 1. The standard InChI is InChI=1S/C27H45N3O/c1-6-10-13-23(8-3)20-29(21-24(9-4)14-11-7-2)22-30-18-17-27(28-30)25-15-12-16-26(19-25)31-5/h12,15-19,23-24H,6-11,13-14,20-22H2,1-5H3. The minimum Gasteiger partial charge on any atom is -0.497 e. The van der Waals surface area contributed by atoms with E-state index < -0.39 is 0 Å². The minimum atomic E-state index is 0.775. The molecule has 0 aliphatic heterocycles. The number of hydrogen-bond acceptors (Lipinski definition) is 3. The third-order valence-electron chi connectivity index (χ3n) is 6.47. The fraction of sp³-hybridized carbons (Fsp3) is 0.667. The van der Waals surface area contributed by atoms with Gasteiger partial charge in [-0.05, 0) is 42.9 Å². The Morgan fingerprint density at radius 1 is 0.935 bits per heavy atom. The quantitative estimate of drug-likeness (QED) is 0.282. The predicted molar refractivity (Wildman–Crippen MR) is 132 cm³/mol. The van der Waals surface area contributed by atoms with E-state index in [0.717, 1.165) is 35.5 Å². The van der Waals surface area contributed by atoms with Gasteiger partial charge in [0, 0.05) is 24.8 Å². The molecule has 4 heteroatoms. The summed E-state index contributed by atoms with van der Waals surface area (Å²) in [6, 6.07) is 10.3. The molecular weight excluding hydrogens is 382 g/mol. The van der Waals surface area contributed by atoms with Crippen molar-refractivity contribution in [3.63, 3.8) is 0 Å². The van der Waals surface area contributed by atoms with Crippen LogP contribution < -0.4 is 4.74 Å². The van der Waals surface area contributed by atoms with Crippen LogP contribution in [0.1, 0.15) is 79.1 Å². The van der Waals surface area contributed by atoms with Crippen LogP contribution in [0, 0.1) is 11.8 Å². The number of ether oxygens (including phenoxy) is 1. The molecule has 2 rings (SSSR count). The lowest BCUT2D eigenvalue weighted by atomic mass is 9.96. The number of nitrogens with zero attached hydrogens (tertiary/aromatic N) is 3. The highest BCUT2D eigenvalue weighted by atomic mass is 16.5. The molecule has 0 radical (unpaired) electrons. The van der Waals surface area contributed by atoms with Crippen LogP contribution in [0.25, 0.3) is 11.3 Å². The van der Waals surface area contributed by atoms with Crippen molar-refractivity contribution in [1.29, 1.82) is 0 Å². The number of aromatic nitrogens is 2. The highest BCUT2D eigenvalue weighted by Gasteiger charge is 2.18. The summed E-state index contributed by atoms with van der Waals surface area (Å²) in [4.78, 5) is 2.66. The maximum absolute atomic E-state index is 5.38. The van der Waals surface area contributed by atoms with Crippen molar-refractivity contribution in [2.24, 2.45) is 11.8 Å². The Bertz CT molecular complexity index is 709. The topological polar surface area (TPSA) is 30.3 Å². The molecule has 4 nitrogen and oxygen atoms in total. The van der Waals surface area contributed by atoms with Gasteiger partial charge in [0.2, 0.25) is 0 Å². The molecule has 0 saturated carbocycles. The number of unbranched alkanes of at least 4 members (excludes halogenated alkanes) is 2. The molecule has 0 saturated heterocycles. The summed E-state index contributed by atoms with van der Waals surface area (Å²) in [6.07, 6.45) is 12.6. The first-order valence-corrected chi connectivity index (χ1v) is 12.5. The monoisotopic (exact) mass is 427 g/mol. The summed E-state index contributed by atoms with van der Waals surface area (Å²) in [6.45, 7) is 12.5. The van der Waals surface area contributed by atoms with Gasteiger partial charge in [-0.2, -0.15) is 5.10 Å². The second-order valence-electron chi connectivity index (χ2n) is 8.98. The molecule has 1 aromatic carbocycles. The van der Waals surface area contributed by atoms with Crippen molar-refractivity contribution in [3.05, 3.63) is 36.5 Å². The van der Waals surface area contributed by atoms with Gasteiger partial charge in [-0.1, -0.05) is 78.4 Å². The van der Waals surface area contributed by atoms with Crippen molar-refractivity contribution >= 4 is 0 Å². The first kappa shape index (κ1) is 25.5. The molecule has 0 bridgehead atoms. The molecule has 0 aliphatic rings. The molecule has 31 heavy (non-hydrogen) atoms. The molecule has 1 aromatic heterocycles. The second-order valence-corrected chi connectivity index (χ2v) is 8.98. The zero-order chi connectivity index (χ0) is 22.5. The fourth-order valence-corrected chi connectivity index (χ4v) is 4.34. The first-order valence-electron chi connectivity index (χ1n) is 12.5. The third kappa shape index (κ3) is 8.68.